The summed E-state index contributed by atoms with van der Waals surface area (Å²) >= 11 is 0. The average molecular weight is 1070 g/mol. The molecule has 18 rings (SSSR count). The zero-order chi connectivity index (χ0) is 56.2. The Morgan fingerprint density at radius 2 is 0.583 bits per heavy atom. The molecule has 2 nitrogen and oxygen atoms in total. The van der Waals surface area contributed by atoms with Crippen LogP contribution in [0, 0.1) is 13.8 Å². The molecule has 0 spiro atoms. The minimum Gasteiger partial charge on any atom is -0.308 e. The number of aryl methyl sites for hydroxylation is 2. The summed E-state index contributed by atoms with van der Waals surface area (Å²) in [7, 11) is 0. The molecule has 14 aromatic carbocycles. The van der Waals surface area contributed by atoms with Gasteiger partial charge in [0.2, 0.25) is 0 Å². The molecule has 8 bridgehead atoms. The number of nitrogens with zero attached hydrogens (tertiary/aromatic N) is 2. The normalized spacial score (nSPS) is 14.4. The van der Waals surface area contributed by atoms with Crippen molar-refractivity contribution in [3.05, 3.63) is 312 Å². The molecule has 4 heterocycles. The van der Waals surface area contributed by atoms with Gasteiger partial charge in [0.05, 0.1) is 34.1 Å². The first-order valence-electron chi connectivity index (χ1n) is 29.6. The fraction of sp³-hybridized carbons (Fsp3) is 0.0732. The Hall–Kier alpha value is -10.3. The van der Waals surface area contributed by atoms with Gasteiger partial charge in [-0.25, -0.2) is 0 Å². The summed E-state index contributed by atoms with van der Waals surface area (Å²) in [6.07, 6.45) is 0. The van der Waals surface area contributed by atoms with Crippen LogP contribution in [0.5, 0.6) is 0 Å². The van der Waals surface area contributed by atoms with Crippen molar-refractivity contribution < 1.29 is 0 Å². The smallest absolute Gasteiger partial charge is 0.0569 e. The van der Waals surface area contributed by atoms with Crippen molar-refractivity contribution in [1.82, 2.24) is 0 Å². The maximum Gasteiger partial charge on any atom is 0.0569 e. The van der Waals surface area contributed by atoms with Gasteiger partial charge in [-0.3, -0.25) is 0 Å². The lowest BCUT2D eigenvalue weighted by atomic mass is 9.81. The van der Waals surface area contributed by atoms with Gasteiger partial charge in [0.15, 0.2) is 0 Å². The third-order valence-electron chi connectivity index (χ3n) is 18.6. The van der Waals surface area contributed by atoms with Crippen LogP contribution in [0.2, 0.25) is 0 Å². The third-order valence-corrected chi connectivity index (χ3v) is 18.6. The van der Waals surface area contributed by atoms with E-state index in [0.29, 0.717) is 0 Å². The van der Waals surface area contributed by atoms with Gasteiger partial charge in [-0.2, -0.15) is 0 Å². The molecule has 2 atom stereocenters. The zero-order valence-electron chi connectivity index (χ0n) is 47.6. The maximum absolute atomic E-state index is 2.65. The Balaban J connectivity index is 1.09. The van der Waals surface area contributed by atoms with E-state index in [-0.39, 0.29) is 11.8 Å². The predicted octanol–water partition coefficient (Wildman–Crippen LogP) is 23.1. The number of fused-ring (bicyclic) bond motifs is 4. The fourth-order valence-electron chi connectivity index (χ4n) is 14.3. The van der Waals surface area contributed by atoms with E-state index in [4.69, 9.17) is 0 Å². The summed E-state index contributed by atoms with van der Waals surface area (Å²) in [4.78, 5) is 5.31. The van der Waals surface area contributed by atoms with Crippen LogP contribution >= 0.6 is 0 Å². The van der Waals surface area contributed by atoms with Crippen LogP contribution < -0.4 is 9.80 Å². The lowest BCUT2D eigenvalue weighted by Gasteiger charge is -2.35. The second-order valence-electron chi connectivity index (χ2n) is 23.3. The van der Waals surface area contributed by atoms with Gasteiger partial charge in [-0.1, -0.05) is 269 Å². The molecule has 0 amide bonds. The van der Waals surface area contributed by atoms with E-state index in [2.05, 4.69) is 317 Å². The SMILES string of the molecule is Cc1cccc2c1N(c1cc(-c3ccccc3)ccc1-c1ccccc1)c1cc(c3ccc4c5cc(c6ccc1c3c64)C(C)c1ccc(cc1)-c1cccc(C)c1N5c1cc(-c3ccccc3)ccc1-c1ccccc1)C(C)c1ccc-2cc1. The van der Waals surface area contributed by atoms with Gasteiger partial charge in [0.1, 0.15) is 0 Å². The van der Waals surface area contributed by atoms with Crippen LogP contribution in [-0.2, 0) is 0 Å². The first-order chi connectivity index (χ1) is 41.3. The molecule has 84 heavy (non-hydrogen) atoms. The van der Waals surface area contributed by atoms with Gasteiger partial charge in [0, 0.05) is 44.9 Å². The molecule has 0 aliphatic carbocycles. The Morgan fingerprint density at radius 3 is 0.964 bits per heavy atom. The van der Waals surface area contributed by atoms with E-state index in [1.165, 1.54) is 144 Å². The standard InChI is InChI=1S/C82H60N2/c1-51-19-17-29-67-61-35-31-55(32-36-61)53(3)73-49-77(83(81(51)67)75-47-63(57-21-9-5-10-22-57)39-41-65(75)59-25-13-7-14-26-59)71-45-43-70-74-50-78(72-46-44-69(73)79(71)80(70)72)84(82-52(2)20-18-30-68(82)62-37-33-56(34-38-62)54(74)4)76-48-64(58-23-11-6-12-24-58)40-42-66(76)60-27-15-8-16-28-60/h5-50,53-54H,1-4H3. The summed E-state index contributed by atoms with van der Waals surface area (Å²) in [6.45, 7) is 9.43. The number of para-hydroxylation sites is 2. The van der Waals surface area contributed by atoms with E-state index in [9.17, 15) is 0 Å². The number of hydrogen-bond donors (Lipinski definition) is 0. The third kappa shape index (κ3) is 7.85. The van der Waals surface area contributed by atoms with E-state index < -0.39 is 0 Å². The number of benzene rings is 14. The highest BCUT2D eigenvalue weighted by atomic mass is 15.2. The summed E-state index contributed by atoms with van der Waals surface area (Å²) in [6, 6.07) is 106. The number of anilines is 6. The Kier molecular flexibility index (Phi) is 11.6. The lowest BCUT2D eigenvalue weighted by Crippen LogP contribution is -2.16. The molecule has 0 N–H and O–H groups in total. The van der Waals surface area contributed by atoms with Gasteiger partial charge in [0.25, 0.3) is 0 Å². The van der Waals surface area contributed by atoms with Crippen molar-refractivity contribution in [3.63, 3.8) is 0 Å². The lowest BCUT2D eigenvalue weighted by molar-refractivity contribution is 0.932. The van der Waals surface area contributed by atoms with Gasteiger partial charge >= 0.3 is 0 Å². The minimum absolute atomic E-state index is 0.0567. The molecule has 0 fully saturated rings. The molecular weight excluding hydrogens is 1010 g/mol. The molecule has 398 valence electrons. The molecule has 2 heteroatoms. The first-order valence-corrected chi connectivity index (χ1v) is 29.6. The first kappa shape index (κ1) is 49.5. The summed E-state index contributed by atoms with van der Waals surface area (Å²) in [5, 5.41) is 7.54. The van der Waals surface area contributed by atoms with E-state index in [1.54, 1.807) is 0 Å². The molecule has 14 aromatic rings. The largest absolute Gasteiger partial charge is 0.308 e. The minimum atomic E-state index is 0.0567. The maximum atomic E-state index is 2.65. The molecular formula is C82H60N2. The van der Waals surface area contributed by atoms with Gasteiger partial charge in [-0.05, 0) is 138 Å². The van der Waals surface area contributed by atoms with E-state index >= 15 is 0 Å². The summed E-state index contributed by atoms with van der Waals surface area (Å²) < 4.78 is 0. The highest BCUT2D eigenvalue weighted by molar-refractivity contribution is 6.30. The molecule has 0 radical (unpaired) electrons. The average Bonchev–Trinajstić information content (AvgIpc) is 1.77. The van der Waals surface area contributed by atoms with Gasteiger partial charge in [-0.15, -0.1) is 0 Å². The summed E-state index contributed by atoms with van der Waals surface area (Å²) in [5.74, 6) is 0.113. The van der Waals surface area contributed by atoms with Crippen molar-refractivity contribution in [2.75, 3.05) is 9.80 Å². The number of hydrogen-bond acceptors (Lipinski definition) is 2. The van der Waals surface area contributed by atoms with Crippen molar-refractivity contribution in [2.24, 2.45) is 0 Å². The van der Waals surface area contributed by atoms with Gasteiger partial charge < -0.3 is 9.80 Å². The van der Waals surface area contributed by atoms with Crippen LogP contribution in [-0.4, -0.2) is 0 Å². The van der Waals surface area contributed by atoms with Crippen molar-refractivity contribution in [3.8, 4) is 66.8 Å². The number of rotatable bonds is 6. The van der Waals surface area contributed by atoms with Crippen LogP contribution in [0.25, 0.3) is 99.1 Å². The van der Waals surface area contributed by atoms with Crippen molar-refractivity contribution in [1.29, 1.82) is 0 Å². The quantitative estimate of drug-likeness (QED) is 0.153. The van der Waals surface area contributed by atoms with Crippen LogP contribution in [0.3, 0.4) is 0 Å². The molecule has 4 aliphatic rings. The zero-order valence-corrected chi connectivity index (χ0v) is 47.6. The molecule has 0 aromatic heterocycles. The predicted molar refractivity (Wildman–Crippen MR) is 357 cm³/mol. The Labute approximate surface area is 492 Å². The highest BCUT2D eigenvalue weighted by Gasteiger charge is 2.33. The topological polar surface area (TPSA) is 6.48 Å². The van der Waals surface area contributed by atoms with Crippen LogP contribution in [0.15, 0.2) is 279 Å². The van der Waals surface area contributed by atoms with Crippen molar-refractivity contribution >= 4 is 66.4 Å². The van der Waals surface area contributed by atoms with Crippen LogP contribution in [0.1, 0.15) is 59.1 Å². The van der Waals surface area contributed by atoms with Crippen LogP contribution in [0.4, 0.5) is 34.1 Å². The monoisotopic (exact) mass is 1070 g/mol. The Bertz CT molecular complexity index is 4540. The molecule has 2 unspecified atom stereocenters. The van der Waals surface area contributed by atoms with Crippen molar-refractivity contribution in [2.45, 2.75) is 39.5 Å². The van der Waals surface area contributed by atoms with E-state index in [0.717, 1.165) is 22.7 Å². The highest BCUT2D eigenvalue weighted by Crippen LogP contribution is 2.57. The molecule has 0 saturated carbocycles. The van der Waals surface area contributed by atoms with E-state index in [1.807, 2.05) is 0 Å². The summed E-state index contributed by atoms with van der Waals surface area (Å²) in [5.41, 5.74) is 28.7. The molecule has 4 aliphatic heterocycles. The fourth-order valence-corrected chi connectivity index (χ4v) is 14.3. The Morgan fingerprint density at radius 1 is 0.250 bits per heavy atom. The second kappa shape index (κ2) is 19.7. The second-order valence-corrected chi connectivity index (χ2v) is 23.3. The molecule has 0 saturated heterocycles.